The molecule has 2 amide bonds. The van der Waals surface area contributed by atoms with Crippen molar-refractivity contribution in [2.75, 3.05) is 19.1 Å². The van der Waals surface area contributed by atoms with E-state index in [2.05, 4.69) is 5.32 Å². The molecule has 3 aliphatic rings. The van der Waals surface area contributed by atoms with E-state index in [0.29, 0.717) is 5.69 Å². The van der Waals surface area contributed by atoms with Gasteiger partial charge < -0.3 is 9.47 Å². The third kappa shape index (κ3) is 1.93. The van der Waals surface area contributed by atoms with Crippen LogP contribution in [0.1, 0.15) is 6.42 Å². The van der Waals surface area contributed by atoms with Crippen LogP contribution in [-0.4, -0.2) is 49.6 Å². The van der Waals surface area contributed by atoms with E-state index in [1.165, 1.54) is 14.2 Å². The van der Waals surface area contributed by atoms with E-state index in [-0.39, 0.29) is 6.42 Å². The molecule has 0 aliphatic carbocycles. The van der Waals surface area contributed by atoms with E-state index in [9.17, 15) is 19.2 Å². The van der Waals surface area contributed by atoms with E-state index in [4.69, 9.17) is 9.47 Å². The highest BCUT2D eigenvalue weighted by atomic mass is 16.5. The zero-order valence-corrected chi connectivity index (χ0v) is 14.3. The average Bonchev–Trinajstić information content (AvgIpc) is 3.30. The number of ether oxygens (including phenoxy) is 2. The first kappa shape index (κ1) is 16.7. The Morgan fingerprint density at radius 2 is 1.81 bits per heavy atom. The van der Waals surface area contributed by atoms with Crippen molar-refractivity contribution < 1.29 is 28.7 Å². The van der Waals surface area contributed by atoms with E-state index in [1.807, 2.05) is 0 Å². The van der Waals surface area contributed by atoms with Crippen molar-refractivity contribution >= 4 is 29.4 Å². The number of benzene rings is 1. The van der Waals surface area contributed by atoms with Gasteiger partial charge >= 0.3 is 11.9 Å². The summed E-state index contributed by atoms with van der Waals surface area (Å²) >= 11 is 0. The molecule has 1 aromatic carbocycles. The molecular weight excluding hydrogens is 340 g/mol. The minimum absolute atomic E-state index is 0.0693. The largest absolute Gasteiger partial charge is 0.469 e. The number of methoxy groups -OCH3 is 2. The third-order valence-electron chi connectivity index (χ3n) is 5.74. The van der Waals surface area contributed by atoms with Crippen LogP contribution in [0.2, 0.25) is 0 Å². The molecule has 0 aromatic heterocycles. The van der Waals surface area contributed by atoms with Crippen molar-refractivity contribution in [3.8, 4) is 0 Å². The molecule has 1 aromatic rings. The summed E-state index contributed by atoms with van der Waals surface area (Å²) in [6.45, 7) is 0. The SMILES string of the molecule is COC(=O)[C@@H]1C[C@]2(C(=O)OC)N[C@H]1[C@H]1C(=O)N(c3ccccc3)C(=O)[C@H]12. The molecule has 5 atom stereocenters. The van der Waals surface area contributed by atoms with Crippen molar-refractivity contribution in [2.45, 2.75) is 18.0 Å². The van der Waals surface area contributed by atoms with E-state index >= 15 is 0 Å². The minimum Gasteiger partial charge on any atom is -0.469 e. The number of hydrogen-bond donors (Lipinski definition) is 1. The molecule has 8 nitrogen and oxygen atoms in total. The van der Waals surface area contributed by atoms with Gasteiger partial charge in [0.15, 0.2) is 0 Å². The van der Waals surface area contributed by atoms with Crippen molar-refractivity contribution in [2.24, 2.45) is 17.8 Å². The second-order valence-electron chi connectivity index (χ2n) is 6.82. The molecule has 0 saturated carbocycles. The molecule has 136 valence electrons. The van der Waals surface area contributed by atoms with Gasteiger partial charge in [-0.15, -0.1) is 0 Å². The number of carbonyl (C=O) groups excluding carboxylic acids is 4. The zero-order valence-electron chi connectivity index (χ0n) is 14.3. The predicted octanol–water partition coefficient (Wildman–Crippen LogP) is -0.131. The molecular formula is C18H18N2O6. The molecule has 3 heterocycles. The first-order valence-electron chi connectivity index (χ1n) is 8.33. The van der Waals surface area contributed by atoms with Gasteiger partial charge in [0.1, 0.15) is 5.54 Å². The van der Waals surface area contributed by atoms with Gasteiger partial charge in [-0.05, 0) is 18.6 Å². The Labute approximate surface area is 149 Å². The Morgan fingerprint density at radius 1 is 1.12 bits per heavy atom. The van der Waals surface area contributed by atoms with Crippen LogP contribution in [0.25, 0.3) is 0 Å². The lowest BCUT2D eigenvalue weighted by atomic mass is 9.68. The van der Waals surface area contributed by atoms with Crippen molar-refractivity contribution in [1.29, 1.82) is 0 Å². The number of fused-ring (bicyclic) bond motifs is 5. The third-order valence-corrected chi connectivity index (χ3v) is 5.74. The summed E-state index contributed by atoms with van der Waals surface area (Å²) in [5.74, 6) is -4.40. The maximum atomic E-state index is 13.1. The van der Waals surface area contributed by atoms with Crippen LogP contribution in [0.5, 0.6) is 0 Å². The Bertz CT molecular complexity index is 809. The predicted molar refractivity (Wildman–Crippen MR) is 87.7 cm³/mol. The highest BCUT2D eigenvalue weighted by molar-refractivity contribution is 6.24. The van der Waals surface area contributed by atoms with Gasteiger partial charge in [-0.3, -0.25) is 24.5 Å². The highest BCUT2D eigenvalue weighted by Crippen LogP contribution is 2.54. The molecule has 26 heavy (non-hydrogen) atoms. The first-order chi connectivity index (χ1) is 12.5. The summed E-state index contributed by atoms with van der Waals surface area (Å²) in [7, 11) is 2.48. The Morgan fingerprint density at radius 3 is 2.42 bits per heavy atom. The minimum atomic E-state index is -1.39. The molecule has 1 N–H and O–H groups in total. The fraction of sp³-hybridized carbons (Fsp3) is 0.444. The lowest BCUT2D eigenvalue weighted by Gasteiger charge is -2.31. The van der Waals surface area contributed by atoms with E-state index < -0.39 is 53.1 Å². The van der Waals surface area contributed by atoms with Gasteiger partial charge in [0.05, 0.1) is 37.7 Å². The number of imide groups is 1. The Hall–Kier alpha value is -2.74. The quantitative estimate of drug-likeness (QED) is 0.593. The summed E-state index contributed by atoms with van der Waals surface area (Å²) in [6, 6.07) is 7.92. The van der Waals surface area contributed by atoms with Gasteiger partial charge in [0.25, 0.3) is 0 Å². The van der Waals surface area contributed by atoms with E-state index in [1.54, 1.807) is 30.3 Å². The monoisotopic (exact) mass is 358 g/mol. The summed E-state index contributed by atoms with van der Waals surface area (Å²) in [4.78, 5) is 52.0. The normalized spacial score (nSPS) is 34.8. The number of nitrogens with zero attached hydrogens (tertiary/aromatic N) is 1. The molecule has 3 fully saturated rings. The van der Waals surface area contributed by atoms with Crippen LogP contribution >= 0.6 is 0 Å². The number of nitrogens with one attached hydrogen (secondary N) is 1. The second kappa shape index (κ2) is 5.63. The van der Waals surface area contributed by atoms with Gasteiger partial charge in [-0.2, -0.15) is 0 Å². The van der Waals surface area contributed by atoms with Crippen molar-refractivity contribution in [3.63, 3.8) is 0 Å². The van der Waals surface area contributed by atoms with E-state index in [0.717, 1.165) is 4.90 Å². The number of amides is 2. The lowest BCUT2D eigenvalue weighted by molar-refractivity contribution is -0.154. The number of carbonyl (C=O) groups is 4. The maximum Gasteiger partial charge on any atom is 0.326 e. The molecule has 0 radical (unpaired) electrons. The highest BCUT2D eigenvalue weighted by Gasteiger charge is 2.75. The average molecular weight is 358 g/mol. The van der Waals surface area contributed by atoms with Crippen LogP contribution < -0.4 is 10.2 Å². The van der Waals surface area contributed by atoms with Crippen LogP contribution in [0.3, 0.4) is 0 Å². The van der Waals surface area contributed by atoms with Crippen LogP contribution in [0.4, 0.5) is 5.69 Å². The first-order valence-corrected chi connectivity index (χ1v) is 8.33. The summed E-state index contributed by atoms with van der Waals surface area (Å²) < 4.78 is 9.74. The van der Waals surface area contributed by atoms with Crippen LogP contribution in [0, 0.1) is 17.8 Å². The van der Waals surface area contributed by atoms with Gasteiger partial charge in [0, 0.05) is 6.04 Å². The molecule has 3 aliphatic heterocycles. The lowest BCUT2D eigenvalue weighted by Crippen LogP contribution is -2.54. The smallest absolute Gasteiger partial charge is 0.326 e. The van der Waals surface area contributed by atoms with Crippen molar-refractivity contribution in [3.05, 3.63) is 30.3 Å². The fourth-order valence-corrected chi connectivity index (χ4v) is 4.72. The topological polar surface area (TPSA) is 102 Å². The van der Waals surface area contributed by atoms with Gasteiger partial charge in [-0.25, -0.2) is 4.90 Å². The van der Waals surface area contributed by atoms with Crippen LogP contribution in [-0.2, 0) is 28.7 Å². The number of esters is 2. The summed E-state index contributed by atoms with van der Waals surface area (Å²) in [6.07, 6.45) is 0.0693. The van der Waals surface area contributed by atoms with Gasteiger partial charge in [0.2, 0.25) is 11.8 Å². The fourth-order valence-electron chi connectivity index (χ4n) is 4.72. The Kier molecular flexibility index (Phi) is 3.62. The zero-order chi connectivity index (χ0) is 18.6. The molecule has 3 saturated heterocycles. The summed E-state index contributed by atoms with van der Waals surface area (Å²) in [5.41, 5.74) is -0.940. The maximum absolute atomic E-state index is 13.1. The molecule has 4 rings (SSSR count). The standard InChI is InChI=1S/C18H18N2O6/c1-25-16(23)10-8-18(17(24)26-2)12-11(13(10)19-18)14(21)20(15(12)22)9-6-4-3-5-7-9/h3-7,10-13,19H,8H2,1-2H3/t10-,11+,12+,13-,18+/m1/s1. The molecule has 8 heteroatoms. The van der Waals surface area contributed by atoms with Crippen LogP contribution in [0.15, 0.2) is 30.3 Å². The van der Waals surface area contributed by atoms with Gasteiger partial charge in [-0.1, -0.05) is 18.2 Å². The Balaban J connectivity index is 1.79. The number of rotatable bonds is 3. The van der Waals surface area contributed by atoms with Crippen molar-refractivity contribution in [1.82, 2.24) is 5.32 Å². The number of para-hydroxylation sites is 1. The number of anilines is 1. The molecule has 0 spiro atoms. The molecule has 0 unspecified atom stereocenters. The summed E-state index contributed by atoms with van der Waals surface area (Å²) in [5, 5.41) is 3.05. The second-order valence-corrected chi connectivity index (χ2v) is 6.82. The number of hydrogen-bond acceptors (Lipinski definition) is 7. The molecule has 2 bridgehead atoms.